The van der Waals surface area contributed by atoms with Crippen LogP contribution in [0.3, 0.4) is 0 Å². The second kappa shape index (κ2) is 6.25. The largest absolute Gasteiger partial charge is 0.359 e. The van der Waals surface area contributed by atoms with Crippen molar-refractivity contribution in [3.63, 3.8) is 0 Å². The highest BCUT2D eigenvalue weighted by Crippen LogP contribution is 2.36. The van der Waals surface area contributed by atoms with Crippen molar-refractivity contribution in [2.24, 2.45) is 7.05 Å². The van der Waals surface area contributed by atoms with Crippen molar-refractivity contribution in [1.29, 1.82) is 0 Å². The van der Waals surface area contributed by atoms with Gasteiger partial charge in [0.2, 0.25) is 0 Å². The van der Waals surface area contributed by atoms with Gasteiger partial charge in [-0.15, -0.1) is 11.3 Å². The molecule has 1 aliphatic rings. The molecule has 0 radical (unpaired) electrons. The number of nitrogens with one attached hydrogen (secondary N) is 1. The van der Waals surface area contributed by atoms with Gasteiger partial charge in [-0.3, -0.25) is 0 Å². The summed E-state index contributed by atoms with van der Waals surface area (Å²) < 4.78 is 2.28. The Morgan fingerprint density at radius 2 is 1.96 bits per heavy atom. The second-order valence-corrected chi connectivity index (χ2v) is 7.92. The Hall–Kier alpha value is -1.81. The molecule has 0 spiro atoms. The topological polar surface area (TPSA) is 29.9 Å². The van der Waals surface area contributed by atoms with Crippen LogP contribution in [0.4, 0.5) is 5.13 Å². The van der Waals surface area contributed by atoms with E-state index in [9.17, 15) is 0 Å². The zero-order valence-corrected chi connectivity index (χ0v) is 15.5. The fourth-order valence-electron chi connectivity index (χ4n) is 3.87. The minimum absolute atomic E-state index is 0.606. The van der Waals surface area contributed by atoms with Crippen LogP contribution in [0.5, 0.6) is 0 Å². The Morgan fingerprint density at radius 1 is 1.17 bits per heavy atom. The highest BCUT2D eigenvalue weighted by atomic mass is 32.1. The second-order valence-electron chi connectivity index (χ2n) is 7.06. The maximum atomic E-state index is 4.92. The molecule has 24 heavy (non-hydrogen) atoms. The fourth-order valence-corrected chi connectivity index (χ4v) is 4.65. The number of anilines is 1. The van der Waals surface area contributed by atoms with Crippen LogP contribution in [0.2, 0.25) is 0 Å². The van der Waals surface area contributed by atoms with Gasteiger partial charge in [0, 0.05) is 40.6 Å². The molecule has 0 saturated heterocycles. The Morgan fingerprint density at radius 3 is 2.75 bits per heavy atom. The molecule has 1 saturated carbocycles. The van der Waals surface area contributed by atoms with E-state index in [2.05, 4.69) is 54.4 Å². The number of thiazole rings is 1. The molecule has 4 heteroatoms. The Kier molecular flexibility index (Phi) is 4.09. The van der Waals surface area contributed by atoms with E-state index in [-0.39, 0.29) is 0 Å². The number of hydrogen-bond acceptors (Lipinski definition) is 3. The van der Waals surface area contributed by atoms with Crippen molar-refractivity contribution in [3.05, 3.63) is 34.8 Å². The lowest BCUT2D eigenvalue weighted by atomic mass is 9.96. The molecule has 2 aromatic heterocycles. The fraction of sp³-hybridized carbons (Fsp3) is 0.450. The van der Waals surface area contributed by atoms with E-state index >= 15 is 0 Å². The third-order valence-corrected chi connectivity index (χ3v) is 6.12. The molecule has 3 aromatic rings. The first-order valence-electron chi connectivity index (χ1n) is 8.91. The number of benzene rings is 1. The van der Waals surface area contributed by atoms with Crippen LogP contribution >= 0.6 is 11.3 Å². The summed E-state index contributed by atoms with van der Waals surface area (Å²) in [7, 11) is 2.15. The summed E-state index contributed by atoms with van der Waals surface area (Å²) >= 11 is 1.74. The summed E-state index contributed by atoms with van der Waals surface area (Å²) in [6.45, 7) is 4.34. The molecular formula is C20H25N3S. The first kappa shape index (κ1) is 15.7. The van der Waals surface area contributed by atoms with E-state index in [1.807, 2.05) is 0 Å². The van der Waals surface area contributed by atoms with Gasteiger partial charge in [0.05, 0.1) is 5.69 Å². The quantitative estimate of drug-likeness (QED) is 0.667. The number of aromatic nitrogens is 2. The van der Waals surface area contributed by atoms with E-state index in [0.29, 0.717) is 6.04 Å². The third-order valence-electron chi connectivity index (χ3n) is 5.34. The maximum absolute atomic E-state index is 4.92. The molecule has 4 rings (SSSR count). The predicted molar refractivity (Wildman–Crippen MR) is 104 cm³/mol. The molecule has 1 aliphatic carbocycles. The molecule has 3 nitrogen and oxygen atoms in total. The van der Waals surface area contributed by atoms with Crippen LogP contribution in [0.25, 0.3) is 22.2 Å². The van der Waals surface area contributed by atoms with Gasteiger partial charge in [-0.1, -0.05) is 31.4 Å². The van der Waals surface area contributed by atoms with Crippen molar-refractivity contribution in [3.8, 4) is 11.3 Å². The standard InChI is InChI=1S/C20H25N3S/c1-13-9-10-16-18(11-13)23(3)14(2)19(16)17-12-24-20(22-17)21-15-7-5-4-6-8-15/h9-12,15H,4-8H2,1-3H3,(H,21,22). The first-order valence-corrected chi connectivity index (χ1v) is 9.79. The number of nitrogens with zero attached hydrogens (tertiary/aromatic N) is 2. The van der Waals surface area contributed by atoms with Crippen molar-refractivity contribution < 1.29 is 0 Å². The predicted octanol–water partition coefficient (Wildman–Crippen LogP) is 5.66. The van der Waals surface area contributed by atoms with Crippen LogP contribution in [-0.4, -0.2) is 15.6 Å². The smallest absolute Gasteiger partial charge is 0.183 e. The van der Waals surface area contributed by atoms with E-state index in [4.69, 9.17) is 4.98 Å². The summed E-state index contributed by atoms with van der Waals surface area (Å²) in [5.41, 5.74) is 6.25. The molecule has 126 valence electrons. The average molecular weight is 340 g/mol. The summed E-state index contributed by atoms with van der Waals surface area (Å²) in [5, 5.41) is 8.23. The van der Waals surface area contributed by atoms with E-state index in [1.165, 1.54) is 59.8 Å². The third kappa shape index (κ3) is 2.73. The van der Waals surface area contributed by atoms with Crippen molar-refractivity contribution >= 4 is 27.4 Å². The Labute approximate surface area is 147 Å². The number of fused-ring (bicyclic) bond motifs is 1. The molecule has 1 fully saturated rings. The van der Waals surface area contributed by atoms with Crippen molar-refractivity contribution in [2.75, 3.05) is 5.32 Å². The van der Waals surface area contributed by atoms with Crippen LogP contribution in [0.1, 0.15) is 43.4 Å². The van der Waals surface area contributed by atoms with Gasteiger partial charge in [0.15, 0.2) is 5.13 Å². The van der Waals surface area contributed by atoms with Crippen LogP contribution in [0, 0.1) is 13.8 Å². The summed E-state index contributed by atoms with van der Waals surface area (Å²) in [4.78, 5) is 4.92. The van der Waals surface area contributed by atoms with Gasteiger partial charge in [-0.2, -0.15) is 0 Å². The molecule has 1 aromatic carbocycles. The summed E-state index contributed by atoms with van der Waals surface area (Å²) in [5.74, 6) is 0. The molecule has 2 heterocycles. The first-order chi connectivity index (χ1) is 11.6. The van der Waals surface area contributed by atoms with Crippen LogP contribution in [-0.2, 0) is 7.05 Å². The number of aryl methyl sites for hydroxylation is 2. The molecule has 1 N–H and O–H groups in total. The molecular weight excluding hydrogens is 314 g/mol. The van der Waals surface area contributed by atoms with Crippen LogP contribution < -0.4 is 5.32 Å². The Bertz CT molecular complexity index is 869. The van der Waals surface area contributed by atoms with Crippen molar-refractivity contribution in [2.45, 2.75) is 52.0 Å². The lowest BCUT2D eigenvalue weighted by molar-refractivity contribution is 0.462. The molecule has 0 bridgehead atoms. The van der Waals surface area contributed by atoms with Crippen LogP contribution in [0.15, 0.2) is 23.6 Å². The minimum atomic E-state index is 0.606. The van der Waals surface area contributed by atoms with E-state index < -0.39 is 0 Å². The number of hydrogen-bond donors (Lipinski definition) is 1. The Balaban J connectivity index is 1.69. The molecule has 0 atom stereocenters. The van der Waals surface area contributed by atoms with E-state index in [0.717, 1.165) is 10.8 Å². The summed E-state index contributed by atoms with van der Waals surface area (Å²) in [6.07, 6.45) is 6.63. The average Bonchev–Trinajstić information content (AvgIpc) is 3.13. The zero-order chi connectivity index (χ0) is 16.7. The number of rotatable bonds is 3. The van der Waals surface area contributed by atoms with Gasteiger partial charge in [0.1, 0.15) is 0 Å². The molecule has 0 unspecified atom stereocenters. The minimum Gasteiger partial charge on any atom is -0.359 e. The lowest BCUT2D eigenvalue weighted by Gasteiger charge is -2.22. The van der Waals surface area contributed by atoms with Crippen molar-refractivity contribution in [1.82, 2.24) is 9.55 Å². The monoisotopic (exact) mass is 339 g/mol. The van der Waals surface area contributed by atoms with Gasteiger partial charge >= 0.3 is 0 Å². The maximum Gasteiger partial charge on any atom is 0.183 e. The summed E-state index contributed by atoms with van der Waals surface area (Å²) in [6, 6.07) is 7.30. The highest BCUT2D eigenvalue weighted by molar-refractivity contribution is 7.14. The van der Waals surface area contributed by atoms with Gasteiger partial charge in [-0.05, 0) is 38.3 Å². The molecule has 0 amide bonds. The van der Waals surface area contributed by atoms with E-state index in [1.54, 1.807) is 11.3 Å². The normalized spacial score (nSPS) is 16.0. The van der Waals surface area contributed by atoms with Gasteiger partial charge < -0.3 is 9.88 Å². The van der Waals surface area contributed by atoms with Gasteiger partial charge in [-0.25, -0.2) is 4.98 Å². The highest BCUT2D eigenvalue weighted by Gasteiger charge is 2.18. The van der Waals surface area contributed by atoms with Gasteiger partial charge in [0.25, 0.3) is 0 Å². The lowest BCUT2D eigenvalue weighted by Crippen LogP contribution is -2.21. The SMILES string of the molecule is Cc1ccc2c(-c3csc(NC4CCCCC4)n3)c(C)n(C)c2c1. The molecule has 0 aliphatic heterocycles. The zero-order valence-electron chi connectivity index (χ0n) is 14.7.